The highest BCUT2D eigenvalue weighted by Crippen LogP contribution is 2.01. The van der Waals surface area contributed by atoms with Gasteiger partial charge in [0.1, 0.15) is 0 Å². The van der Waals surface area contributed by atoms with Crippen LogP contribution in [0.15, 0.2) is 29.3 Å². The average molecular weight is 149 g/mol. The molecule has 50 valence electrons. The van der Waals surface area contributed by atoms with Gasteiger partial charge in [0.05, 0.1) is 11.2 Å². The van der Waals surface area contributed by atoms with Crippen molar-refractivity contribution in [1.29, 1.82) is 0 Å². The van der Waals surface area contributed by atoms with Gasteiger partial charge >= 0.3 is 0 Å². The fourth-order valence-corrected chi connectivity index (χ4v) is 1.63. The monoisotopic (exact) mass is 149 g/mol. The lowest BCUT2D eigenvalue weighted by Gasteiger charge is -1.96. The number of para-hydroxylation sites is 1. The molecule has 0 aromatic heterocycles. The SMILES string of the molecule is C1=c2ccccc2=NCS1. The third-order valence-electron chi connectivity index (χ3n) is 1.46. The standard InChI is InChI=1S/C8H7NS/c1-2-4-8-7(3-1)5-10-6-9-8/h1-5H,6H2. The highest BCUT2D eigenvalue weighted by molar-refractivity contribution is 8.06. The predicted octanol–water partition coefficient (Wildman–Crippen LogP) is 0.748. The van der Waals surface area contributed by atoms with Crippen LogP contribution >= 0.6 is 11.8 Å². The highest BCUT2D eigenvalue weighted by atomic mass is 32.2. The zero-order valence-electron chi connectivity index (χ0n) is 5.45. The molecule has 0 amide bonds. The van der Waals surface area contributed by atoms with Gasteiger partial charge in [-0.05, 0) is 11.5 Å². The topological polar surface area (TPSA) is 12.4 Å². The van der Waals surface area contributed by atoms with E-state index in [0.717, 1.165) is 11.2 Å². The number of fused-ring (bicyclic) bond motifs is 1. The third-order valence-corrected chi connectivity index (χ3v) is 2.16. The van der Waals surface area contributed by atoms with Crippen LogP contribution in [0.2, 0.25) is 0 Å². The van der Waals surface area contributed by atoms with Crippen molar-refractivity contribution in [3.8, 4) is 0 Å². The van der Waals surface area contributed by atoms with Crippen LogP contribution in [0.4, 0.5) is 0 Å². The molecule has 0 unspecified atom stereocenters. The summed E-state index contributed by atoms with van der Waals surface area (Å²) in [4.78, 5) is 4.32. The first-order chi connectivity index (χ1) is 4.97. The Labute approximate surface area is 63.5 Å². The summed E-state index contributed by atoms with van der Waals surface area (Å²) in [5.74, 6) is 0.872. The summed E-state index contributed by atoms with van der Waals surface area (Å²) in [5, 5.41) is 4.53. The van der Waals surface area contributed by atoms with E-state index in [1.165, 1.54) is 5.22 Å². The molecular formula is C8H7NS. The van der Waals surface area contributed by atoms with E-state index in [9.17, 15) is 0 Å². The van der Waals surface area contributed by atoms with Crippen LogP contribution in [0.25, 0.3) is 5.41 Å². The van der Waals surface area contributed by atoms with Gasteiger partial charge in [0.25, 0.3) is 0 Å². The molecule has 0 N–H and O–H groups in total. The predicted molar refractivity (Wildman–Crippen MR) is 44.1 cm³/mol. The molecule has 0 saturated carbocycles. The van der Waals surface area contributed by atoms with Crippen LogP contribution in [-0.2, 0) is 0 Å². The average Bonchev–Trinajstić information content (AvgIpc) is 2.05. The summed E-state index contributed by atoms with van der Waals surface area (Å²) in [6.07, 6.45) is 0. The Balaban J connectivity index is 2.84. The van der Waals surface area contributed by atoms with Crippen molar-refractivity contribution in [2.45, 2.75) is 0 Å². The maximum absolute atomic E-state index is 4.32. The lowest BCUT2D eigenvalue weighted by Crippen LogP contribution is -2.25. The summed E-state index contributed by atoms with van der Waals surface area (Å²) in [5.41, 5.74) is 0. The van der Waals surface area contributed by atoms with Crippen LogP contribution in [0.1, 0.15) is 0 Å². The number of thioether (sulfide) groups is 1. The first kappa shape index (κ1) is 5.98. The molecular weight excluding hydrogens is 142 g/mol. The van der Waals surface area contributed by atoms with Gasteiger partial charge in [-0.15, -0.1) is 11.8 Å². The normalized spacial score (nSPS) is 14.8. The van der Waals surface area contributed by atoms with E-state index in [-0.39, 0.29) is 0 Å². The largest absolute Gasteiger partial charge is 0.274 e. The molecule has 0 spiro atoms. The van der Waals surface area contributed by atoms with Gasteiger partial charge in [0, 0.05) is 5.22 Å². The Morgan fingerprint density at radius 3 is 3.10 bits per heavy atom. The van der Waals surface area contributed by atoms with E-state index < -0.39 is 0 Å². The van der Waals surface area contributed by atoms with Gasteiger partial charge in [0.15, 0.2) is 0 Å². The van der Waals surface area contributed by atoms with Crippen molar-refractivity contribution in [3.63, 3.8) is 0 Å². The van der Waals surface area contributed by atoms with Crippen molar-refractivity contribution in [2.24, 2.45) is 4.99 Å². The summed E-state index contributed by atoms with van der Waals surface area (Å²) >= 11 is 1.75. The molecule has 0 radical (unpaired) electrons. The smallest absolute Gasteiger partial charge is 0.0891 e. The second-order valence-corrected chi connectivity index (χ2v) is 2.96. The van der Waals surface area contributed by atoms with Crippen molar-refractivity contribution < 1.29 is 0 Å². The Morgan fingerprint density at radius 1 is 1.30 bits per heavy atom. The van der Waals surface area contributed by atoms with Gasteiger partial charge in [-0.1, -0.05) is 18.2 Å². The zero-order valence-corrected chi connectivity index (χ0v) is 6.27. The molecule has 0 atom stereocenters. The maximum Gasteiger partial charge on any atom is 0.0891 e. The minimum Gasteiger partial charge on any atom is -0.274 e. The highest BCUT2D eigenvalue weighted by Gasteiger charge is 1.90. The second kappa shape index (κ2) is 2.46. The molecule has 0 bridgehead atoms. The van der Waals surface area contributed by atoms with Gasteiger partial charge < -0.3 is 0 Å². The maximum atomic E-state index is 4.32. The van der Waals surface area contributed by atoms with Crippen LogP contribution in [-0.4, -0.2) is 5.88 Å². The molecule has 0 fully saturated rings. The van der Waals surface area contributed by atoms with Gasteiger partial charge in [-0.25, -0.2) is 0 Å². The van der Waals surface area contributed by atoms with E-state index >= 15 is 0 Å². The lowest BCUT2D eigenvalue weighted by molar-refractivity contribution is 1.20. The minimum absolute atomic E-state index is 0.872. The molecule has 2 rings (SSSR count). The number of nitrogens with zero attached hydrogens (tertiary/aromatic N) is 1. The van der Waals surface area contributed by atoms with Crippen molar-refractivity contribution >= 4 is 17.2 Å². The molecule has 1 aliphatic rings. The first-order valence-corrected chi connectivity index (χ1v) is 4.23. The Bertz CT molecular complexity index is 308. The molecule has 0 aliphatic carbocycles. The summed E-state index contributed by atoms with van der Waals surface area (Å²) in [7, 11) is 0. The Hall–Kier alpha value is -0.760. The molecule has 1 aromatic carbocycles. The molecule has 1 aromatic rings. The summed E-state index contributed by atoms with van der Waals surface area (Å²) in [6.45, 7) is 0. The number of hydrogen-bond acceptors (Lipinski definition) is 2. The molecule has 10 heavy (non-hydrogen) atoms. The molecule has 0 saturated heterocycles. The van der Waals surface area contributed by atoms with Crippen LogP contribution in [0.3, 0.4) is 0 Å². The number of hydrogen-bond donors (Lipinski definition) is 0. The van der Waals surface area contributed by atoms with E-state index in [2.05, 4.69) is 16.5 Å². The van der Waals surface area contributed by atoms with Crippen LogP contribution < -0.4 is 10.6 Å². The molecule has 1 nitrogen and oxygen atoms in total. The third kappa shape index (κ3) is 0.948. The second-order valence-electron chi connectivity index (χ2n) is 2.13. The quantitative estimate of drug-likeness (QED) is 0.530. The Kier molecular flexibility index (Phi) is 1.47. The van der Waals surface area contributed by atoms with Gasteiger partial charge in [-0.3, -0.25) is 4.99 Å². The van der Waals surface area contributed by atoms with Crippen molar-refractivity contribution in [3.05, 3.63) is 34.8 Å². The molecule has 1 heterocycles. The van der Waals surface area contributed by atoms with Crippen molar-refractivity contribution in [2.75, 3.05) is 5.88 Å². The summed E-state index contributed by atoms with van der Waals surface area (Å²) in [6, 6.07) is 8.19. The molecule has 2 heteroatoms. The number of benzene rings is 1. The lowest BCUT2D eigenvalue weighted by atomic mass is 10.3. The molecule has 1 aliphatic heterocycles. The van der Waals surface area contributed by atoms with E-state index in [4.69, 9.17) is 0 Å². The minimum atomic E-state index is 0.872. The van der Waals surface area contributed by atoms with E-state index in [1.807, 2.05) is 18.2 Å². The number of rotatable bonds is 0. The first-order valence-electron chi connectivity index (χ1n) is 3.18. The van der Waals surface area contributed by atoms with E-state index in [0.29, 0.717) is 0 Å². The Morgan fingerprint density at radius 2 is 2.20 bits per heavy atom. The van der Waals surface area contributed by atoms with Crippen LogP contribution in [0.5, 0.6) is 0 Å². The van der Waals surface area contributed by atoms with Gasteiger partial charge in [-0.2, -0.15) is 0 Å². The fourth-order valence-electron chi connectivity index (χ4n) is 0.965. The van der Waals surface area contributed by atoms with Crippen molar-refractivity contribution in [1.82, 2.24) is 0 Å². The van der Waals surface area contributed by atoms with Gasteiger partial charge in [0.2, 0.25) is 0 Å². The van der Waals surface area contributed by atoms with Crippen LogP contribution in [0, 0.1) is 0 Å². The zero-order chi connectivity index (χ0) is 6.81. The van der Waals surface area contributed by atoms with E-state index in [1.54, 1.807) is 11.8 Å². The summed E-state index contributed by atoms with van der Waals surface area (Å²) < 4.78 is 0. The fraction of sp³-hybridized carbons (Fsp3) is 0.125.